The van der Waals surface area contributed by atoms with Gasteiger partial charge >= 0.3 is 0 Å². The van der Waals surface area contributed by atoms with Crippen LogP contribution < -0.4 is 0 Å². The van der Waals surface area contributed by atoms with Crippen LogP contribution in [0.2, 0.25) is 0 Å². The van der Waals surface area contributed by atoms with E-state index in [0.717, 1.165) is 11.1 Å². The second-order valence-electron chi connectivity index (χ2n) is 4.24. The van der Waals surface area contributed by atoms with E-state index in [2.05, 4.69) is 34.0 Å². The van der Waals surface area contributed by atoms with Crippen molar-refractivity contribution in [2.45, 2.75) is 20.8 Å². The van der Waals surface area contributed by atoms with Gasteiger partial charge in [0.15, 0.2) is 11.6 Å². The van der Waals surface area contributed by atoms with E-state index in [-0.39, 0.29) is 0 Å². The smallest absolute Gasteiger partial charge is 0.163 e. The molecule has 19 heavy (non-hydrogen) atoms. The molecule has 0 aliphatic carbocycles. The molecule has 1 aromatic heterocycles. The zero-order chi connectivity index (χ0) is 13.7. The second-order valence-corrected chi connectivity index (χ2v) is 4.24. The lowest BCUT2D eigenvalue weighted by Crippen LogP contribution is -1.97. The number of hydrogen-bond acceptors (Lipinski definition) is 3. The summed E-state index contributed by atoms with van der Waals surface area (Å²) in [5, 5.41) is 0. The van der Waals surface area contributed by atoms with Gasteiger partial charge in [0.1, 0.15) is 6.33 Å². The first kappa shape index (κ1) is 13.1. The fraction of sp³-hybridized carbons (Fsp3) is 0.188. The Bertz CT molecular complexity index is 610. The molecule has 1 aromatic carbocycles. The molecule has 0 bridgehead atoms. The number of allylic oxidation sites excluding steroid dienone is 4. The first-order chi connectivity index (χ1) is 9.24. The summed E-state index contributed by atoms with van der Waals surface area (Å²) in [6.07, 6.45) is 7.53. The van der Waals surface area contributed by atoms with E-state index < -0.39 is 0 Å². The molecule has 1 heterocycles. The third-order valence-corrected chi connectivity index (χ3v) is 2.80. The highest BCUT2D eigenvalue weighted by Gasteiger charge is 2.05. The number of rotatable bonds is 3. The summed E-state index contributed by atoms with van der Waals surface area (Å²) < 4.78 is 0. The Morgan fingerprint density at radius 1 is 1.05 bits per heavy atom. The summed E-state index contributed by atoms with van der Waals surface area (Å²) >= 11 is 0. The number of hydrogen-bond donors (Lipinski definition) is 0. The van der Waals surface area contributed by atoms with Crippen molar-refractivity contribution >= 4 is 5.57 Å². The van der Waals surface area contributed by atoms with Crippen LogP contribution in [0.1, 0.15) is 25.2 Å². The highest BCUT2D eigenvalue weighted by Crippen LogP contribution is 2.17. The van der Waals surface area contributed by atoms with E-state index in [9.17, 15) is 0 Å². The molecule has 0 N–H and O–H groups in total. The van der Waals surface area contributed by atoms with E-state index in [1.165, 1.54) is 5.56 Å². The van der Waals surface area contributed by atoms with E-state index >= 15 is 0 Å². The predicted octanol–water partition coefficient (Wildman–Crippen LogP) is 3.83. The van der Waals surface area contributed by atoms with Crippen molar-refractivity contribution < 1.29 is 0 Å². The molecule has 0 saturated carbocycles. The van der Waals surface area contributed by atoms with Gasteiger partial charge in [0, 0.05) is 11.1 Å². The topological polar surface area (TPSA) is 38.7 Å². The molecule has 0 unspecified atom stereocenters. The van der Waals surface area contributed by atoms with Gasteiger partial charge in [0.2, 0.25) is 0 Å². The van der Waals surface area contributed by atoms with Crippen LogP contribution in [-0.4, -0.2) is 15.0 Å². The molecule has 0 atom stereocenters. The lowest BCUT2D eigenvalue weighted by Gasteiger charge is -2.04. The maximum Gasteiger partial charge on any atom is 0.163 e. The lowest BCUT2D eigenvalue weighted by molar-refractivity contribution is 1.03. The zero-order valence-corrected chi connectivity index (χ0v) is 11.5. The van der Waals surface area contributed by atoms with Crippen LogP contribution in [0.25, 0.3) is 17.0 Å². The van der Waals surface area contributed by atoms with Crippen LogP contribution in [-0.2, 0) is 0 Å². The molecule has 0 saturated heterocycles. The molecular weight excluding hydrogens is 234 g/mol. The number of aromatic nitrogens is 3. The van der Waals surface area contributed by atoms with Crippen LogP contribution in [0.15, 0.2) is 48.8 Å². The zero-order valence-electron chi connectivity index (χ0n) is 11.5. The van der Waals surface area contributed by atoms with Crippen molar-refractivity contribution in [1.29, 1.82) is 0 Å². The highest BCUT2D eigenvalue weighted by atomic mass is 15.0. The SMILES string of the molecule is C/C=C\C(=C/C)c1ncnc(-c2ccc(C)cc2)n1. The number of aryl methyl sites for hydroxylation is 1. The Labute approximate surface area is 113 Å². The van der Waals surface area contributed by atoms with E-state index in [0.29, 0.717) is 11.6 Å². The molecule has 2 aromatic rings. The van der Waals surface area contributed by atoms with E-state index in [4.69, 9.17) is 0 Å². The molecule has 3 heteroatoms. The monoisotopic (exact) mass is 251 g/mol. The third-order valence-electron chi connectivity index (χ3n) is 2.80. The first-order valence-corrected chi connectivity index (χ1v) is 6.30. The van der Waals surface area contributed by atoms with Crippen LogP contribution in [0, 0.1) is 6.92 Å². The van der Waals surface area contributed by atoms with Crippen LogP contribution in [0.3, 0.4) is 0 Å². The Kier molecular flexibility index (Phi) is 4.18. The molecule has 2 rings (SSSR count). The largest absolute Gasteiger partial charge is 0.217 e. The average molecular weight is 251 g/mol. The van der Waals surface area contributed by atoms with Gasteiger partial charge < -0.3 is 0 Å². The van der Waals surface area contributed by atoms with Gasteiger partial charge in [-0.1, -0.05) is 48.1 Å². The maximum absolute atomic E-state index is 4.52. The van der Waals surface area contributed by atoms with Gasteiger partial charge in [-0.2, -0.15) is 0 Å². The minimum atomic E-state index is 0.700. The van der Waals surface area contributed by atoms with Crippen LogP contribution in [0.4, 0.5) is 0 Å². The molecule has 0 fully saturated rings. The Morgan fingerprint density at radius 2 is 1.79 bits per heavy atom. The van der Waals surface area contributed by atoms with Crippen molar-refractivity contribution in [3.63, 3.8) is 0 Å². The molecular formula is C16H17N3. The summed E-state index contributed by atoms with van der Waals surface area (Å²) in [4.78, 5) is 13.0. The molecule has 96 valence electrons. The quantitative estimate of drug-likeness (QED) is 0.778. The Balaban J connectivity index is 2.42. The molecule has 0 radical (unpaired) electrons. The van der Waals surface area contributed by atoms with Gasteiger partial charge in [-0.3, -0.25) is 0 Å². The van der Waals surface area contributed by atoms with Crippen molar-refractivity contribution in [2.24, 2.45) is 0 Å². The molecule has 0 aliphatic rings. The van der Waals surface area contributed by atoms with Crippen molar-refractivity contribution in [2.75, 3.05) is 0 Å². The second kappa shape index (κ2) is 6.05. The van der Waals surface area contributed by atoms with Crippen molar-refractivity contribution in [1.82, 2.24) is 15.0 Å². The standard InChI is InChI=1S/C16H17N3/c1-4-6-13(5-2)15-17-11-18-16(19-15)14-9-7-12(3)8-10-14/h4-11H,1-3H3/b6-4-,13-5+. The Morgan fingerprint density at radius 3 is 2.42 bits per heavy atom. The van der Waals surface area contributed by atoms with Gasteiger partial charge in [0.25, 0.3) is 0 Å². The maximum atomic E-state index is 4.52. The van der Waals surface area contributed by atoms with Crippen LogP contribution >= 0.6 is 0 Å². The average Bonchev–Trinajstić information content (AvgIpc) is 2.45. The summed E-state index contributed by atoms with van der Waals surface area (Å²) in [7, 11) is 0. The summed E-state index contributed by atoms with van der Waals surface area (Å²) in [5.41, 5.74) is 3.23. The van der Waals surface area contributed by atoms with E-state index in [1.807, 2.05) is 44.2 Å². The lowest BCUT2D eigenvalue weighted by atomic mass is 10.1. The molecule has 0 spiro atoms. The fourth-order valence-electron chi connectivity index (χ4n) is 1.76. The predicted molar refractivity (Wildman–Crippen MR) is 78.5 cm³/mol. The number of benzene rings is 1. The van der Waals surface area contributed by atoms with Gasteiger partial charge in [-0.25, -0.2) is 15.0 Å². The summed E-state index contributed by atoms with van der Waals surface area (Å²) in [6, 6.07) is 8.17. The minimum Gasteiger partial charge on any atom is -0.217 e. The third kappa shape index (κ3) is 3.13. The van der Waals surface area contributed by atoms with Crippen LogP contribution in [0.5, 0.6) is 0 Å². The Hall–Kier alpha value is -2.29. The van der Waals surface area contributed by atoms with Gasteiger partial charge in [-0.15, -0.1) is 0 Å². The van der Waals surface area contributed by atoms with Crippen molar-refractivity contribution in [3.05, 3.63) is 60.2 Å². The van der Waals surface area contributed by atoms with Gasteiger partial charge in [0.05, 0.1) is 0 Å². The molecule has 0 aliphatic heterocycles. The fourth-order valence-corrected chi connectivity index (χ4v) is 1.76. The van der Waals surface area contributed by atoms with E-state index in [1.54, 1.807) is 6.33 Å². The first-order valence-electron chi connectivity index (χ1n) is 6.30. The summed E-state index contributed by atoms with van der Waals surface area (Å²) in [5.74, 6) is 1.40. The van der Waals surface area contributed by atoms with Crippen molar-refractivity contribution in [3.8, 4) is 11.4 Å². The van der Waals surface area contributed by atoms with Gasteiger partial charge in [-0.05, 0) is 20.8 Å². The number of nitrogens with zero attached hydrogens (tertiary/aromatic N) is 3. The molecule has 3 nitrogen and oxygen atoms in total. The normalized spacial score (nSPS) is 12.1. The minimum absolute atomic E-state index is 0.700. The molecule has 0 amide bonds. The summed E-state index contributed by atoms with van der Waals surface area (Å²) in [6.45, 7) is 6.02. The highest BCUT2D eigenvalue weighted by molar-refractivity contribution is 5.70.